The summed E-state index contributed by atoms with van der Waals surface area (Å²) in [6.45, 7) is 8.32. The first-order chi connectivity index (χ1) is 8.88. The number of rotatable bonds is 5. The van der Waals surface area contributed by atoms with E-state index in [0.717, 1.165) is 11.3 Å². The highest BCUT2D eigenvalue weighted by atomic mass is 19.1. The highest BCUT2D eigenvalue weighted by molar-refractivity contribution is 5.57. The first-order valence-electron chi connectivity index (χ1n) is 6.57. The zero-order valence-corrected chi connectivity index (χ0v) is 12.1. The van der Waals surface area contributed by atoms with Gasteiger partial charge in [0.2, 0.25) is 0 Å². The molecule has 2 N–H and O–H groups in total. The summed E-state index contributed by atoms with van der Waals surface area (Å²) in [6.07, 6.45) is 0.437. The van der Waals surface area contributed by atoms with E-state index in [4.69, 9.17) is 11.0 Å². The summed E-state index contributed by atoms with van der Waals surface area (Å²) < 4.78 is 13.7. The van der Waals surface area contributed by atoms with Crippen LogP contribution in [0.1, 0.15) is 44.4 Å². The molecule has 0 aliphatic heterocycles. The summed E-state index contributed by atoms with van der Waals surface area (Å²) in [5, 5.41) is 8.76. The lowest BCUT2D eigenvalue weighted by molar-refractivity contribution is 0.609. The Hall–Kier alpha value is -1.60. The molecule has 0 amide bonds. The summed E-state index contributed by atoms with van der Waals surface area (Å²) in [6, 6.07) is 5.48. The lowest BCUT2D eigenvalue weighted by Crippen LogP contribution is -2.33. The van der Waals surface area contributed by atoms with Crippen molar-refractivity contribution >= 4 is 5.69 Å². The van der Waals surface area contributed by atoms with Crippen LogP contribution in [0.15, 0.2) is 12.1 Å². The molecule has 1 aromatic rings. The van der Waals surface area contributed by atoms with E-state index in [1.54, 1.807) is 6.92 Å². The summed E-state index contributed by atoms with van der Waals surface area (Å²) in [5.41, 5.74) is 8.26. The smallest absolute Gasteiger partial charge is 0.126 e. The molecular formula is C15H22FN3. The lowest BCUT2D eigenvalue weighted by Gasteiger charge is -2.31. The zero-order chi connectivity index (χ0) is 14.6. The monoisotopic (exact) mass is 263 g/mol. The molecule has 4 heteroatoms. The van der Waals surface area contributed by atoms with Crippen LogP contribution in [-0.4, -0.2) is 12.6 Å². The molecule has 0 radical (unpaired) electrons. The molecule has 1 aromatic carbocycles. The molecule has 0 saturated carbocycles. The number of benzene rings is 1. The highest BCUT2D eigenvalue weighted by Gasteiger charge is 2.18. The molecule has 0 saturated heterocycles. The second kappa shape index (κ2) is 6.53. The van der Waals surface area contributed by atoms with Crippen LogP contribution in [0.2, 0.25) is 0 Å². The molecule has 0 aliphatic carbocycles. The van der Waals surface area contributed by atoms with Gasteiger partial charge in [0.1, 0.15) is 5.82 Å². The number of nitrogens with zero attached hydrogens (tertiary/aromatic N) is 2. The van der Waals surface area contributed by atoms with Crippen LogP contribution in [0.5, 0.6) is 0 Å². The van der Waals surface area contributed by atoms with Gasteiger partial charge in [-0.25, -0.2) is 4.39 Å². The van der Waals surface area contributed by atoms with E-state index < -0.39 is 0 Å². The number of aryl methyl sites for hydroxylation is 1. The van der Waals surface area contributed by atoms with Gasteiger partial charge in [-0.15, -0.1) is 0 Å². The molecule has 0 aliphatic rings. The Balaban J connectivity index is 3.28. The second-order valence-electron chi connectivity index (χ2n) is 5.14. The second-order valence-corrected chi connectivity index (χ2v) is 5.14. The van der Waals surface area contributed by atoms with Gasteiger partial charge in [-0.1, -0.05) is 0 Å². The molecule has 19 heavy (non-hydrogen) atoms. The van der Waals surface area contributed by atoms with Gasteiger partial charge in [-0.3, -0.25) is 0 Å². The maximum atomic E-state index is 13.7. The zero-order valence-electron chi connectivity index (χ0n) is 12.1. The van der Waals surface area contributed by atoms with Crippen LogP contribution in [0, 0.1) is 24.1 Å². The van der Waals surface area contributed by atoms with Gasteiger partial charge in [0, 0.05) is 24.3 Å². The van der Waals surface area contributed by atoms with Crippen molar-refractivity contribution in [2.24, 2.45) is 5.73 Å². The third-order valence-corrected chi connectivity index (χ3v) is 3.20. The van der Waals surface area contributed by atoms with E-state index in [-0.39, 0.29) is 17.9 Å². The molecule has 0 fully saturated rings. The summed E-state index contributed by atoms with van der Waals surface area (Å²) >= 11 is 0. The summed E-state index contributed by atoms with van der Waals surface area (Å²) in [4.78, 5) is 2.11. The normalized spacial score (nSPS) is 12.3. The van der Waals surface area contributed by atoms with Gasteiger partial charge >= 0.3 is 0 Å². The maximum absolute atomic E-state index is 13.7. The Labute approximate surface area is 114 Å². The molecule has 0 aromatic heterocycles. The largest absolute Gasteiger partial charge is 0.368 e. The van der Waals surface area contributed by atoms with Gasteiger partial charge in [0.05, 0.1) is 12.5 Å². The minimum atomic E-state index is -0.242. The molecule has 3 nitrogen and oxygen atoms in total. The van der Waals surface area contributed by atoms with Crippen molar-refractivity contribution in [1.82, 2.24) is 0 Å². The van der Waals surface area contributed by atoms with E-state index in [0.29, 0.717) is 18.5 Å². The number of hydrogen-bond acceptors (Lipinski definition) is 3. The minimum absolute atomic E-state index is 0.232. The predicted molar refractivity (Wildman–Crippen MR) is 76.5 cm³/mol. The van der Waals surface area contributed by atoms with Crippen molar-refractivity contribution in [3.05, 3.63) is 29.1 Å². The van der Waals surface area contributed by atoms with Gasteiger partial charge in [-0.2, -0.15) is 5.26 Å². The quantitative estimate of drug-likeness (QED) is 0.887. The molecule has 0 spiro atoms. The Morgan fingerprint density at radius 3 is 2.47 bits per heavy atom. The van der Waals surface area contributed by atoms with Crippen LogP contribution in [0.3, 0.4) is 0 Å². The van der Waals surface area contributed by atoms with Gasteiger partial charge in [0.15, 0.2) is 0 Å². The van der Waals surface area contributed by atoms with Crippen molar-refractivity contribution in [1.29, 1.82) is 5.26 Å². The predicted octanol–water partition coefficient (Wildman–Crippen LogP) is 3.28. The fourth-order valence-electron chi connectivity index (χ4n) is 2.12. The maximum Gasteiger partial charge on any atom is 0.126 e. The molecular weight excluding hydrogens is 241 g/mol. The topological polar surface area (TPSA) is 53.0 Å². The van der Waals surface area contributed by atoms with Crippen molar-refractivity contribution in [2.45, 2.75) is 46.2 Å². The first-order valence-corrected chi connectivity index (χ1v) is 6.57. The number of anilines is 1. The first kappa shape index (κ1) is 15.5. The molecule has 0 bridgehead atoms. The fourth-order valence-corrected chi connectivity index (χ4v) is 2.12. The number of nitriles is 1. The van der Waals surface area contributed by atoms with Gasteiger partial charge in [-0.05, 0) is 51.0 Å². The van der Waals surface area contributed by atoms with E-state index in [1.165, 1.54) is 6.07 Å². The SMILES string of the molecule is Cc1cc(N(CCC#N)C(C)C)c(C(C)N)cc1F. The molecule has 1 unspecified atom stereocenters. The van der Waals surface area contributed by atoms with Gasteiger partial charge in [0.25, 0.3) is 0 Å². The Bertz CT molecular complexity index is 475. The minimum Gasteiger partial charge on any atom is -0.368 e. The average Bonchev–Trinajstić information content (AvgIpc) is 2.32. The highest BCUT2D eigenvalue weighted by Crippen LogP contribution is 2.29. The number of hydrogen-bond donors (Lipinski definition) is 1. The Morgan fingerprint density at radius 1 is 1.37 bits per heavy atom. The molecule has 1 atom stereocenters. The number of nitrogens with two attached hydrogens (primary N) is 1. The summed E-state index contributed by atoms with van der Waals surface area (Å²) in [5.74, 6) is -0.236. The Morgan fingerprint density at radius 2 is 2.00 bits per heavy atom. The van der Waals surface area contributed by atoms with Crippen molar-refractivity contribution < 1.29 is 4.39 Å². The van der Waals surface area contributed by atoms with E-state index >= 15 is 0 Å². The van der Waals surface area contributed by atoms with Crippen molar-refractivity contribution in [2.75, 3.05) is 11.4 Å². The Kier molecular flexibility index (Phi) is 5.31. The van der Waals surface area contributed by atoms with Crippen LogP contribution < -0.4 is 10.6 Å². The van der Waals surface area contributed by atoms with Crippen LogP contribution in [0.25, 0.3) is 0 Å². The van der Waals surface area contributed by atoms with Crippen LogP contribution in [-0.2, 0) is 0 Å². The van der Waals surface area contributed by atoms with Crippen molar-refractivity contribution in [3.63, 3.8) is 0 Å². The number of halogens is 1. The summed E-state index contributed by atoms with van der Waals surface area (Å²) in [7, 11) is 0. The molecule has 0 heterocycles. The lowest BCUT2D eigenvalue weighted by atomic mass is 10.0. The van der Waals surface area contributed by atoms with E-state index in [9.17, 15) is 4.39 Å². The van der Waals surface area contributed by atoms with Crippen LogP contribution >= 0.6 is 0 Å². The third kappa shape index (κ3) is 3.68. The molecule has 104 valence electrons. The fraction of sp³-hybridized carbons (Fsp3) is 0.533. The van der Waals surface area contributed by atoms with Crippen LogP contribution in [0.4, 0.5) is 10.1 Å². The standard InChI is InChI=1S/C15H22FN3/c1-10(2)19(7-5-6-17)15-8-11(3)14(16)9-13(15)12(4)18/h8-10,12H,5,7,18H2,1-4H3. The van der Waals surface area contributed by atoms with E-state index in [1.807, 2.05) is 13.0 Å². The van der Waals surface area contributed by atoms with Crippen molar-refractivity contribution in [3.8, 4) is 6.07 Å². The van der Waals surface area contributed by atoms with Gasteiger partial charge < -0.3 is 10.6 Å². The average molecular weight is 263 g/mol. The third-order valence-electron chi connectivity index (χ3n) is 3.20. The molecule has 1 rings (SSSR count). The van der Waals surface area contributed by atoms with E-state index in [2.05, 4.69) is 24.8 Å².